The van der Waals surface area contributed by atoms with Gasteiger partial charge in [-0.15, -0.1) is 13.2 Å². The molecule has 34 heavy (non-hydrogen) atoms. The van der Waals surface area contributed by atoms with Gasteiger partial charge in [0.25, 0.3) is 0 Å². The number of nitrogens with one attached hydrogen (secondary N) is 1. The summed E-state index contributed by atoms with van der Waals surface area (Å²) in [5.41, 5.74) is 8.08. The number of primary amides is 1. The fourth-order valence-electron chi connectivity index (χ4n) is 4.46. The summed E-state index contributed by atoms with van der Waals surface area (Å²) in [6.45, 7) is 0.201. The molecular formula is C24H24F3N3O4. The number of oxime groups is 1. The molecule has 10 heteroatoms. The van der Waals surface area contributed by atoms with E-state index in [9.17, 15) is 22.8 Å². The van der Waals surface area contributed by atoms with Crippen LogP contribution in [0.3, 0.4) is 0 Å². The Balaban J connectivity index is 1.31. The minimum atomic E-state index is -4.74. The van der Waals surface area contributed by atoms with Crippen molar-refractivity contribution in [1.29, 1.82) is 0 Å². The summed E-state index contributed by atoms with van der Waals surface area (Å²) in [6.07, 6.45) is -2.01. The predicted molar refractivity (Wildman–Crippen MR) is 117 cm³/mol. The highest BCUT2D eigenvalue weighted by atomic mass is 19.4. The van der Waals surface area contributed by atoms with E-state index in [0.29, 0.717) is 17.5 Å². The molecule has 0 radical (unpaired) electrons. The molecule has 3 atom stereocenters. The number of amides is 2. The molecule has 0 bridgehead atoms. The number of carbonyl (C=O) groups excluding carboxylic acids is 2. The van der Waals surface area contributed by atoms with E-state index in [1.807, 2.05) is 0 Å². The lowest BCUT2D eigenvalue weighted by Gasteiger charge is -2.19. The topological polar surface area (TPSA) is 103 Å². The molecule has 1 unspecified atom stereocenters. The molecule has 180 valence electrons. The molecule has 4 rings (SSSR count). The molecule has 1 heterocycles. The summed E-state index contributed by atoms with van der Waals surface area (Å²) < 4.78 is 40.7. The van der Waals surface area contributed by atoms with Gasteiger partial charge in [-0.25, -0.2) is 0 Å². The SMILES string of the molecule is NC(=O)c1ccc(C2CC([C@@H]3CCC[C@H]3C(=O)NCc3ccc(OC(F)(F)F)cc3)=NO2)cc1. The number of hydrogen-bond donors (Lipinski definition) is 2. The van der Waals surface area contributed by atoms with Crippen LogP contribution in [0.5, 0.6) is 5.75 Å². The number of benzene rings is 2. The van der Waals surface area contributed by atoms with E-state index in [2.05, 4.69) is 15.2 Å². The van der Waals surface area contributed by atoms with Crippen molar-refractivity contribution in [1.82, 2.24) is 5.32 Å². The molecule has 2 aromatic rings. The van der Waals surface area contributed by atoms with Gasteiger partial charge in [-0.3, -0.25) is 9.59 Å². The molecule has 1 aliphatic heterocycles. The van der Waals surface area contributed by atoms with Crippen LogP contribution < -0.4 is 15.8 Å². The third-order valence-corrected chi connectivity index (χ3v) is 6.16. The Kier molecular flexibility index (Phi) is 6.76. The summed E-state index contributed by atoms with van der Waals surface area (Å²) in [6, 6.07) is 12.3. The molecule has 1 fully saturated rings. The zero-order valence-electron chi connectivity index (χ0n) is 18.2. The summed E-state index contributed by atoms with van der Waals surface area (Å²) in [7, 11) is 0. The first-order chi connectivity index (χ1) is 16.2. The second-order valence-corrected chi connectivity index (χ2v) is 8.42. The van der Waals surface area contributed by atoms with Crippen LogP contribution in [0, 0.1) is 11.8 Å². The highest BCUT2D eigenvalue weighted by molar-refractivity contribution is 5.94. The van der Waals surface area contributed by atoms with Gasteiger partial charge in [0, 0.05) is 30.4 Å². The normalized spacial score (nSPS) is 22.1. The van der Waals surface area contributed by atoms with Crippen LogP contribution in [0.25, 0.3) is 0 Å². The van der Waals surface area contributed by atoms with Gasteiger partial charge in [0.2, 0.25) is 11.8 Å². The van der Waals surface area contributed by atoms with E-state index < -0.39 is 12.3 Å². The monoisotopic (exact) mass is 475 g/mol. The van der Waals surface area contributed by atoms with Gasteiger partial charge in [-0.1, -0.05) is 35.8 Å². The lowest BCUT2D eigenvalue weighted by molar-refractivity contribution is -0.274. The fourth-order valence-corrected chi connectivity index (χ4v) is 4.46. The average molecular weight is 475 g/mol. The summed E-state index contributed by atoms with van der Waals surface area (Å²) in [4.78, 5) is 29.7. The van der Waals surface area contributed by atoms with Gasteiger partial charge < -0.3 is 20.6 Å². The average Bonchev–Trinajstić information content (AvgIpc) is 3.47. The Morgan fingerprint density at radius 3 is 2.44 bits per heavy atom. The van der Waals surface area contributed by atoms with E-state index in [1.165, 1.54) is 24.3 Å². The Morgan fingerprint density at radius 2 is 1.79 bits per heavy atom. The van der Waals surface area contributed by atoms with Crippen molar-refractivity contribution >= 4 is 17.5 Å². The van der Waals surface area contributed by atoms with E-state index in [4.69, 9.17) is 10.6 Å². The van der Waals surface area contributed by atoms with Crippen molar-refractivity contribution in [2.75, 3.05) is 0 Å². The highest BCUT2D eigenvalue weighted by Crippen LogP contribution is 2.39. The van der Waals surface area contributed by atoms with Gasteiger partial charge in [0.15, 0.2) is 6.10 Å². The minimum Gasteiger partial charge on any atom is -0.406 e. The Labute approximate surface area is 194 Å². The van der Waals surface area contributed by atoms with Crippen LogP contribution in [0.1, 0.15) is 53.3 Å². The van der Waals surface area contributed by atoms with E-state index in [1.54, 1.807) is 24.3 Å². The first kappa shape index (κ1) is 23.6. The number of nitrogens with zero attached hydrogens (tertiary/aromatic N) is 1. The molecule has 3 N–H and O–H groups in total. The molecule has 1 saturated carbocycles. The molecule has 2 aliphatic rings. The number of alkyl halides is 3. The van der Waals surface area contributed by atoms with E-state index in [0.717, 1.165) is 30.5 Å². The maximum atomic E-state index is 12.9. The van der Waals surface area contributed by atoms with Crippen molar-refractivity contribution in [2.24, 2.45) is 22.7 Å². The molecule has 2 aromatic carbocycles. The van der Waals surface area contributed by atoms with Crippen molar-refractivity contribution < 1.29 is 32.3 Å². The van der Waals surface area contributed by atoms with Crippen LogP contribution in [-0.4, -0.2) is 23.9 Å². The summed E-state index contributed by atoms with van der Waals surface area (Å²) in [5, 5.41) is 7.14. The molecular weight excluding hydrogens is 451 g/mol. The van der Waals surface area contributed by atoms with Gasteiger partial charge in [0.1, 0.15) is 5.75 Å². The van der Waals surface area contributed by atoms with E-state index in [-0.39, 0.29) is 36.1 Å². The van der Waals surface area contributed by atoms with Crippen molar-refractivity contribution in [3.8, 4) is 5.75 Å². The van der Waals surface area contributed by atoms with Gasteiger partial charge in [-0.2, -0.15) is 0 Å². The number of carbonyl (C=O) groups is 2. The Bertz CT molecular complexity index is 1070. The van der Waals surface area contributed by atoms with Crippen LogP contribution >= 0.6 is 0 Å². The largest absolute Gasteiger partial charge is 0.573 e. The predicted octanol–water partition coefficient (Wildman–Crippen LogP) is 4.23. The summed E-state index contributed by atoms with van der Waals surface area (Å²) >= 11 is 0. The van der Waals surface area contributed by atoms with Crippen molar-refractivity contribution in [2.45, 2.75) is 44.7 Å². The maximum Gasteiger partial charge on any atom is 0.573 e. The van der Waals surface area contributed by atoms with Gasteiger partial charge in [-0.05, 0) is 48.2 Å². The van der Waals surface area contributed by atoms with Crippen LogP contribution in [0.4, 0.5) is 13.2 Å². The van der Waals surface area contributed by atoms with Crippen LogP contribution in [0.15, 0.2) is 53.7 Å². The maximum absolute atomic E-state index is 12.9. The van der Waals surface area contributed by atoms with Crippen molar-refractivity contribution in [3.63, 3.8) is 0 Å². The zero-order chi connectivity index (χ0) is 24.3. The second-order valence-electron chi connectivity index (χ2n) is 8.42. The number of halogens is 3. The first-order valence-corrected chi connectivity index (χ1v) is 10.9. The fraction of sp³-hybridized carbons (Fsp3) is 0.375. The standard InChI is InChI=1S/C24H24F3N3O4/c25-24(26,27)33-17-10-4-14(5-11-17)13-29-23(32)19-3-1-2-18(19)20-12-21(34-30-20)15-6-8-16(9-7-15)22(28)31/h4-11,18-19,21H,1-3,12-13H2,(H2,28,31)(H,29,32)/t18-,19-,21?/m1/s1. The zero-order valence-corrected chi connectivity index (χ0v) is 18.2. The third-order valence-electron chi connectivity index (χ3n) is 6.16. The smallest absolute Gasteiger partial charge is 0.406 e. The molecule has 7 nitrogen and oxygen atoms in total. The molecule has 0 spiro atoms. The van der Waals surface area contributed by atoms with Gasteiger partial charge in [0.05, 0.1) is 5.71 Å². The van der Waals surface area contributed by atoms with Crippen LogP contribution in [0.2, 0.25) is 0 Å². The molecule has 0 saturated heterocycles. The lowest BCUT2D eigenvalue weighted by Crippen LogP contribution is -2.34. The number of hydrogen-bond acceptors (Lipinski definition) is 5. The van der Waals surface area contributed by atoms with E-state index >= 15 is 0 Å². The molecule has 1 aliphatic carbocycles. The van der Waals surface area contributed by atoms with Crippen molar-refractivity contribution in [3.05, 3.63) is 65.2 Å². The minimum absolute atomic E-state index is 0.0301. The highest BCUT2D eigenvalue weighted by Gasteiger charge is 2.39. The summed E-state index contributed by atoms with van der Waals surface area (Å²) in [5.74, 6) is -1.20. The Hall–Kier alpha value is -3.56. The number of nitrogens with two attached hydrogens (primary N) is 1. The number of ether oxygens (including phenoxy) is 1. The van der Waals surface area contributed by atoms with Gasteiger partial charge >= 0.3 is 6.36 Å². The first-order valence-electron chi connectivity index (χ1n) is 10.9. The van der Waals surface area contributed by atoms with Crippen LogP contribution in [-0.2, 0) is 16.2 Å². The lowest BCUT2D eigenvalue weighted by atomic mass is 9.87. The molecule has 0 aromatic heterocycles. The quantitative estimate of drug-likeness (QED) is 0.625. The molecule has 2 amide bonds. The number of rotatable bonds is 7. The third kappa shape index (κ3) is 5.67. The second kappa shape index (κ2) is 9.74. The Morgan fingerprint density at radius 1 is 1.09 bits per heavy atom.